The zero-order chi connectivity index (χ0) is 16.5. The Balaban J connectivity index is 2.09. The first-order chi connectivity index (χ1) is 11.2. The Morgan fingerprint density at radius 3 is 2.87 bits per heavy atom. The van der Waals surface area contributed by atoms with Gasteiger partial charge in [-0.3, -0.25) is 0 Å². The fraction of sp³-hybridized carbons (Fsp3) is 0.647. The summed E-state index contributed by atoms with van der Waals surface area (Å²) in [4.78, 5) is 11.6. The van der Waals surface area contributed by atoms with Crippen LogP contribution >= 0.6 is 0 Å². The van der Waals surface area contributed by atoms with E-state index >= 15 is 0 Å². The van der Waals surface area contributed by atoms with Gasteiger partial charge in [0.05, 0.1) is 19.8 Å². The van der Waals surface area contributed by atoms with Gasteiger partial charge in [-0.25, -0.2) is 9.98 Å². The SMILES string of the molecule is CCNC(=NCc1cccnc1N1CCOCC1)NC(C)CC. The molecule has 1 saturated heterocycles. The first kappa shape index (κ1) is 17.5. The van der Waals surface area contributed by atoms with Gasteiger partial charge in [-0.2, -0.15) is 0 Å². The number of pyridine rings is 1. The van der Waals surface area contributed by atoms with E-state index in [0.29, 0.717) is 12.6 Å². The summed E-state index contributed by atoms with van der Waals surface area (Å²) in [5.41, 5.74) is 1.15. The van der Waals surface area contributed by atoms with Crippen LogP contribution in [0.25, 0.3) is 0 Å². The van der Waals surface area contributed by atoms with Crippen LogP contribution in [-0.2, 0) is 11.3 Å². The summed E-state index contributed by atoms with van der Waals surface area (Å²) in [5.74, 6) is 1.89. The predicted molar refractivity (Wildman–Crippen MR) is 95.0 cm³/mol. The highest BCUT2D eigenvalue weighted by molar-refractivity contribution is 5.80. The molecule has 2 heterocycles. The van der Waals surface area contributed by atoms with Crippen molar-refractivity contribution in [3.05, 3.63) is 23.9 Å². The van der Waals surface area contributed by atoms with Crippen LogP contribution in [0.15, 0.2) is 23.3 Å². The van der Waals surface area contributed by atoms with Crippen molar-refractivity contribution >= 4 is 11.8 Å². The van der Waals surface area contributed by atoms with Gasteiger partial charge in [-0.1, -0.05) is 13.0 Å². The minimum absolute atomic E-state index is 0.403. The lowest BCUT2D eigenvalue weighted by Crippen LogP contribution is -2.42. The first-order valence-corrected chi connectivity index (χ1v) is 8.56. The van der Waals surface area contributed by atoms with E-state index < -0.39 is 0 Å². The summed E-state index contributed by atoms with van der Waals surface area (Å²) in [5, 5.41) is 6.72. The molecule has 23 heavy (non-hydrogen) atoms. The van der Waals surface area contributed by atoms with Gasteiger partial charge in [0, 0.05) is 37.4 Å². The first-order valence-electron chi connectivity index (χ1n) is 8.56. The van der Waals surface area contributed by atoms with E-state index in [1.54, 1.807) is 0 Å². The van der Waals surface area contributed by atoms with Crippen LogP contribution in [0.5, 0.6) is 0 Å². The number of hydrogen-bond acceptors (Lipinski definition) is 4. The second-order valence-electron chi connectivity index (χ2n) is 5.73. The molecule has 2 N–H and O–H groups in total. The second kappa shape index (κ2) is 9.35. The number of guanidine groups is 1. The molecule has 0 aromatic carbocycles. The molecule has 0 bridgehead atoms. The Labute approximate surface area is 139 Å². The molecule has 6 heteroatoms. The lowest BCUT2D eigenvalue weighted by molar-refractivity contribution is 0.122. The Hall–Kier alpha value is -1.82. The van der Waals surface area contributed by atoms with E-state index in [2.05, 4.69) is 47.4 Å². The summed E-state index contributed by atoms with van der Waals surface area (Å²) in [6, 6.07) is 4.48. The molecular formula is C17H29N5O. The van der Waals surface area contributed by atoms with Crippen LogP contribution in [0.2, 0.25) is 0 Å². The number of aromatic nitrogens is 1. The molecule has 0 saturated carbocycles. The van der Waals surface area contributed by atoms with Crippen LogP contribution in [0, 0.1) is 0 Å². The number of aliphatic imine (C=N–C) groups is 1. The third-order valence-electron chi connectivity index (χ3n) is 3.93. The number of nitrogens with zero attached hydrogens (tertiary/aromatic N) is 3. The van der Waals surface area contributed by atoms with E-state index in [4.69, 9.17) is 9.73 Å². The fourth-order valence-electron chi connectivity index (χ4n) is 2.43. The van der Waals surface area contributed by atoms with Crippen molar-refractivity contribution in [3.63, 3.8) is 0 Å². The number of hydrogen-bond donors (Lipinski definition) is 2. The average molecular weight is 319 g/mol. The molecule has 6 nitrogen and oxygen atoms in total. The van der Waals surface area contributed by atoms with Crippen molar-refractivity contribution in [2.24, 2.45) is 4.99 Å². The number of nitrogens with one attached hydrogen (secondary N) is 2. The third kappa shape index (κ3) is 5.39. The molecule has 1 aromatic rings. The summed E-state index contributed by atoms with van der Waals surface area (Å²) >= 11 is 0. The van der Waals surface area contributed by atoms with Crippen molar-refractivity contribution < 1.29 is 4.74 Å². The van der Waals surface area contributed by atoms with E-state index in [-0.39, 0.29) is 0 Å². The van der Waals surface area contributed by atoms with Gasteiger partial charge in [-0.05, 0) is 26.3 Å². The quantitative estimate of drug-likeness (QED) is 0.618. The third-order valence-corrected chi connectivity index (χ3v) is 3.93. The normalized spacial score (nSPS) is 17.0. The van der Waals surface area contributed by atoms with E-state index in [1.807, 2.05) is 12.3 Å². The summed E-state index contributed by atoms with van der Waals surface area (Å²) in [6.07, 6.45) is 2.91. The average Bonchev–Trinajstić information content (AvgIpc) is 2.60. The van der Waals surface area contributed by atoms with Crippen LogP contribution in [-0.4, -0.2) is 49.8 Å². The molecule has 1 aliphatic heterocycles. The molecule has 1 fully saturated rings. The Kier molecular flexibility index (Phi) is 7.13. The maximum Gasteiger partial charge on any atom is 0.191 e. The molecule has 2 rings (SSSR count). The minimum atomic E-state index is 0.403. The molecule has 0 aliphatic carbocycles. The van der Waals surface area contributed by atoms with Crippen LogP contribution in [0.3, 0.4) is 0 Å². The van der Waals surface area contributed by atoms with Gasteiger partial charge in [0.25, 0.3) is 0 Å². The van der Waals surface area contributed by atoms with Crippen molar-refractivity contribution in [2.75, 3.05) is 37.7 Å². The number of ether oxygens (including phenoxy) is 1. The largest absolute Gasteiger partial charge is 0.378 e. The summed E-state index contributed by atoms with van der Waals surface area (Å²) < 4.78 is 5.43. The van der Waals surface area contributed by atoms with Crippen molar-refractivity contribution in [2.45, 2.75) is 39.8 Å². The summed E-state index contributed by atoms with van der Waals surface area (Å²) in [6.45, 7) is 11.2. The van der Waals surface area contributed by atoms with E-state index in [0.717, 1.165) is 56.6 Å². The highest BCUT2D eigenvalue weighted by atomic mass is 16.5. The smallest absolute Gasteiger partial charge is 0.191 e. The molecule has 1 unspecified atom stereocenters. The maximum absolute atomic E-state index is 5.43. The Bertz CT molecular complexity index is 500. The minimum Gasteiger partial charge on any atom is -0.378 e. The molecule has 1 aliphatic rings. The molecule has 128 valence electrons. The van der Waals surface area contributed by atoms with Crippen LogP contribution in [0.1, 0.15) is 32.8 Å². The van der Waals surface area contributed by atoms with Crippen LogP contribution < -0.4 is 15.5 Å². The van der Waals surface area contributed by atoms with Gasteiger partial charge < -0.3 is 20.3 Å². The molecular weight excluding hydrogens is 290 g/mol. The highest BCUT2D eigenvalue weighted by Crippen LogP contribution is 2.19. The maximum atomic E-state index is 5.43. The number of anilines is 1. The lowest BCUT2D eigenvalue weighted by Gasteiger charge is -2.29. The van der Waals surface area contributed by atoms with Gasteiger partial charge in [0.15, 0.2) is 5.96 Å². The molecule has 0 radical (unpaired) electrons. The topological polar surface area (TPSA) is 61.8 Å². The highest BCUT2D eigenvalue weighted by Gasteiger charge is 2.15. The number of morpholine rings is 1. The molecule has 1 aromatic heterocycles. The standard InChI is InChI=1S/C17H29N5O/c1-4-14(3)21-17(18-5-2)20-13-15-7-6-8-19-16(15)22-9-11-23-12-10-22/h6-8,14H,4-5,9-13H2,1-3H3,(H2,18,20,21). The van der Waals surface area contributed by atoms with Crippen molar-refractivity contribution in [3.8, 4) is 0 Å². The zero-order valence-electron chi connectivity index (χ0n) is 14.5. The second-order valence-corrected chi connectivity index (χ2v) is 5.73. The van der Waals surface area contributed by atoms with Gasteiger partial charge >= 0.3 is 0 Å². The molecule has 0 spiro atoms. The fourth-order valence-corrected chi connectivity index (χ4v) is 2.43. The Morgan fingerprint density at radius 2 is 2.17 bits per heavy atom. The predicted octanol–water partition coefficient (Wildman–Crippen LogP) is 1.77. The zero-order valence-corrected chi connectivity index (χ0v) is 14.5. The Morgan fingerprint density at radius 1 is 1.39 bits per heavy atom. The summed E-state index contributed by atoms with van der Waals surface area (Å²) in [7, 11) is 0. The van der Waals surface area contributed by atoms with Crippen molar-refractivity contribution in [1.82, 2.24) is 15.6 Å². The monoisotopic (exact) mass is 319 g/mol. The van der Waals surface area contributed by atoms with Gasteiger partial charge in [0.1, 0.15) is 5.82 Å². The van der Waals surface area contributed by atoms with Crippen LogP contribution in [0.4, 0.5) is 5.82 Å². The number of rotatable bonds is 6. The molecule has 0 amide bonds. The van der Waals surface area contributed by atoms with E-state index in [9.17, 15) is 0 Å². The van der Waals surface area contributed by atoms with E-state index in [1.165, 1.54) is 0 Å². The van der Waals surface area contributed by atoms with Crippen molar-refractivity contribution in [1.29, 1.82) is 0 Å². The van der Waals surface area contributed by atoms with Gasteiger partial charge in [-0.15, -0.1) is 0 Å². The lowest BCUT2D eigenvalue weighted by atomic mass is 10.2. The molecule has 1 atom stereocenters. The van der Waals surface area contributed by atoms with Gasteiger partial charge in [0.2, 0.25) is 0 Å².